The first-order chi connectivity index (χ1) is 8.93. The van der Waals surface area contributed by atoms with E-state index >= 15 is 0 Å². The molecule has 0 spiro atoms. The molecule has 2 amide bonds. The summed E-state index contributed by atoms with van der Waals surface area (Å²) < 4.78 is 36.9. The molecule has 0 radical (unpaired) electrons. The molecular weight excluding hydrogens is 257 g/mol. The highest BCUT2D eigenvalue weighted by Crippen LogP contribution is 2.29. The fourth-order valence-electron chi connectivity index (χ4n) is 1.28. The molecule has 0 aliphatic heterocycles. The molecule has 0 atom stereocenters. The summed E-state index contributed by atoms with van der Waals surface area (Å²) >= 11 is 0. The molecule has 1 aromatic rings. The molecule has 0 unspecified atom stereocenters. The van der Waals surface area contributed by atoms with E-state index in [2.05, 4.69) is 22.5 Å². The molecule has 0 saturated heterocycles. The molecule has 0 fully saturated rings. The average molecular weight is 270 g/mol. The maximum Gasteiger partial charge on any atom is 0.416 e. The predicted octanol–water partition coefficient (Wildman–Crippen LogP) is 3.24. The highest BCUT2D eigenvalue weighted by molar-refractivity contribution is 5.89. The zero-order chi connectivity index (χ0) is 14.3. The van der Waals surface area contributed by atoms with E-state index in [0.29, 0.717) is 18.7 Å². The Morgan fingerprint density at radius 3 is 2.42 bits per heavy atom. The Bertz CT molecular complexity index is 483. The van der Waals surface area contributed by atoms with Gasteiger partial charge in [-0.05, 0) is 31.2 Å². The van der Waals surface area contributed by atoms with Crippen LogP contribution in [0.1, 0.15) is 18.9 Å². The average Bonchev–Trinajstić information content (AvgIpc) is 2.34. The van der Waals surface area contributed by atoms with E-state index in [9.17, 15) is 18.0 Å². The molecule has 0 bridgehead atoms. The van der Waals surface area contributed by atoms with Crippen LogP contribution in [-0.4, -0.2) is 12.6 Å². The molecule has 0 aromatic heterocycles. The highest BCUT2D eigenvalue weighted by atomic mass is 19.4. The Kier molecular flexibility index (Phi) is 5.24. The number of benzene rings is 1. The van der Waals surface area contributed by atoms with Crippen molar-refractivity contribution in [2.45, 2.75) is 19.5 Å². The van der Waals surface area contributed by atoms with Gasteiger partial charge in [-0.3, -0.25) is 0 Å². The summed E-state index contributed by atoms with van der Waals surface area (Å²) in [4.78, 5) is 11.4. The van der Waals surface area contributed by atoms with Gasteiger partial charge in [-0.1, -0.05) is 0 Å². The van der Waals surface area contributed by atoms with Crippen molar-refractivity contribution in [3.8, 4) is 11.8 Å². The number of halogens is 3. The molecule has 3 nitrogen and oxygen atoms in total. The maximum atomic E-state index is 12.3. The number of hydrogen-bond acceptors (Lipinski definition) is 1. The lowest BCUT2D eigenvalue weighted by molar-refractivity contribution is -0.137. The monoisotopic (exact) mass is 270 g/mol. The third kappa shape index (κ3) is 5.34. The first-order valence-electron chi connectivity index (χ1n) is 5.55. The van der Waals surface area contributed by atoms with Crippen molar-refractivity contribution in [1.82, 2.24) is 5.32 Å². The highest BCUT2D eigenvalue weighted by Gasteiger charge is 2.29. The Labute approximate surface area is 109 Å². The zero-order valence-electron chi connectivity index (χ0n) is 10.3. The van der Waals surface area contributed by atoms with E-state index in [4.69, 9.17) is 0 Å². The summed E-state index contributed by atoms with van der Waals surface area (Å²) in [6.45, 7) is 2.08. The standard InChI is InChI=1S/C13H13F3N2O/c1-2-3-4-9-17-12(19)18-11-7-5-10(6-8-11)13(14,15)16/h5-8H,4,9H2,1H3,(H2,17,18,19). The van der Waals surface area contributed by atoms with Gasteiger partial charge in [-0.25, -0.2) is 4.79 Å². The molecule has 1 aromatic carbocycles. The molecule has 19 heavy (non-hydrogen) atoms. The molecule has 0 heterocycles. The number of carbonyl (C=O) groups excluding carboxylic acids is 1. The molecule has 0 aliphatic rings. The largest absolute Gasteiger partial charge is 0.416 e. The van der Waals surface area contributed by atoms with Crippen molar-refractivity contribution in [1.29, 1.82) is 0 Å². The van der Waals surface area contributed by atoms with Gasteiger partial charge >= 0.3 is 12.2 Å². The number of anilines is 1. The van der Waals surface area contributed by atoms with E-state index in [1.54, 1.807) is 6.92 Å². The van der Waals surface area contributed by atoms with Gasteiger partial charge in [-0.2, -0.15) is 13.2 Å². The third-order valence-corrected chi connectivity index (χ3v) is 2.18. The van der Waals surface area contributed by atoms with Crippen LogP contribution in [-0.2, 0) is 6.18 Å². The van der Waals surface area contributed by atoms with E-state index < -0.39 is 17.8 Å². The van der Waals surface area contributed by atoms with Crippen molar-refractivity contribution in [3.05, 3.63) is 29.8 Å². The number of rotatable bonds is 3. The van der Waals surface area contributed by atoms with Crippen LogP contribution in [0.5, 0.6) is 0 Å². The van der Waals surface area contributed by atoms with Crippen LogP contribution < -0.4 is 10.6 Å². The van der Waals surface area contributed by atoms with Crippen LogP contribution in [0.4, 0.5) is 23.7 Å². The maximum absolute atomic E-state index is 12.3. The number of hydrogen-bond donors (Lipinski definition) is 2. The summed E-state index contributed by atoms with van der Waals surface area (Å²) in [5.41, 5.74) is -0.455. The summed E-state index contributed by atoms with van der Waals surface area (Å²) in [6.07, 6.45) is -3.85. The first-order valence-corrected chi connectivity index (χ1v) is 5.55. The Hall–Kier alpha value is -2.16. The minimum atomic E-state index is -4.38. The van der Waals surface area contributed by atoms with Gasteiger partial charge in [0.1, 0.15) is 0 Å². The van der Waals surface area contributed by atoms with Crippen LogP contribution in [0.3, 0.4) is 0 Å². The summed E-state index contributed by atoms with van der Waals surface area (Å²) in [5, 5.41) is 4.97. The lowest BCUT2D eigenvalue weighted by Gasteiger charge is -2.09. The third-order valence-electron chi connectivity index (χ3n) is 2.18. The smallest absolute Gasteiger partial charge is 0.337 e. The van der Waals surface area contributed by atoms with Gasteiger partial charge in [0.2, 0.25) is 0 Å². The Morgan fingerprint density at radius 1 is 1.26 bits per heavy atom. The molecule has 2 N–H and O–H groups in total. The molecule has 0 saturated carbocycles. The quantitative estimate of drug-likeness (QED) is 0.642. The van der Waals surface area contributed by atoms with Crippen LogP contribution >= 0.6 is 0 Å². The summed E-state index contributed by atoms with van der Waals surface area (Å²) in [7, 11) is 0. The van der Waals surface area contributed by atoms with E-state index in [1.807, 2.05) is 0 Å². The van der Waals surface area contributed by atoms with Gasteiger partial charge in [0.15, 0.2) is 0 Å². The zero-order valence-corrected chi connectivity index (χ0v) is 10.3. The van der Waals surface area contributed by atoms with Crippen molar-refractivity contribution < 1.29 is 18.0 Å². The number of urea groups is 1. The van der Waals surface area contributed by atoms with Crippen molar-refractivity contribution in [2.24, 2.45) is 0 Å². The fraction of sp³-hybridized carbons (Fsp3) is 0.308. The summed E-state index contributed by atoms with van der Waals surface area (Å²) in [6, 6.07) is 3.76. The van der Waals surface area contributed by atoms with Crippen molar-refractivity contribution in [3.63, 3.8) is 0 Å². The fourth-order valence-corrected chi connectivity index (χ4v) is 1.28. The van der Waals surface area contributed by atoms with Crippen LogP contribution in [0.15, 0.2) is 24.3 Å². The number of alkyl halides is 3. The Morgan fingerprint density at radius 2 is 1.89 bits per heavy atom. The minimum absolute atomic E-state index is 0.298. The SMILES string of the molecule is CC#CCCNC(=O)Nc1ccc(C(F)(F)F)cc1. The van der Waals surface area contributed by atoms with Gasteiger partial charge < -0.3 is 10.6 Å². The second-order valence-electron chi connectivity index (χ2n) is 3.63. The van der Waals surface area contributed by atoms with Crippen molar-refractivity contribution in [2.75, 3.05) is 11.9 Å². The molecule has 6 heteroatoms. The summed E-state index contributed by atoms with van der Waals surface area (Å²) in [5.74, 6) is 5.46. The first kappa shape index (κ1) is 14.9. The van der Waals surface area contributed by atoms with Gasteiger partial charge in [-0.15, -0.1) is 11.8 Å². The second-order valence-corrected chi connectivity index (χ2v) is 3.63. The number of carbonyl (C=O) groups is 1. The Balaban J connectivity index is 2.48. The van der Waals surface area contributed by atoms with Gasteiger partial charge in [0, 0.05) is 18.7 Å². The van der Waals surface area contributed by atoms with E-state index in [-0.39, 0.29) is 0 Å². The van der Waals surface area contributed by atoms with Crippen LogP contribution in [0, 0.1) is 11.8 Å². The van der Waals surface area contributed by atoms with Gasteiger partial charge in [0.25, 0.3) is 0 Å². The molecule has 102 valence electrons. The van der Waals surface area contributed by atoms with E-state index in [0.717, 1.165) is 12.1 Å². The van der Waals surface area contributed by atoms with E-state index in [1.165, 1.54) is 12.1 Å². The lowest BCUT2D eigenvalue weighted by Crippen LogP contribution is -2.29. The predicted molar refractivity (Wildman–Crippen MR) is 66.5 cm³/mol. The number of amides is 2. The lowest BCUT2D eigenvalue weighted by atomic mass is 10.2. The van der Waals surface area contributed by atoms with Crippen LogP contribution in [0.25, 0.3) is 0 Å². The van der Waals surface area contributed by atoms with Crippen molar-refractivity contribution >= 4 is 11.7 Å². The minimum Gasteiger partial charge on any atom is -0.337 e. The normalized spacial score (nSPS) is 10.3. The molecular formula is C13H13F3N2O. The molecule has 1 rings (SSSR count). The topological polar surface area (TPSA) is 41.1 Å². The number of nitrogens with one attached hydrogen (secondary N) is 2. The van der Waals surface area contributed by atoms with Gasteiger partial charge in [0.05, 0.1) is 5.56 Å². The van der Waals surface area contributed by atoms with Crippen LogP contribution in [0.2, 0.25) is 0 Å². The molecule has 0 aliphatic carbocycles. The second kappa shape index (κ2) is 6.69.